The van der Waals surface area contributed by atoms with E-state index in [0.29, 0.717) is 24.1 Å². The van der Waals surface area contributed by atoms with Gasteiger partial charge in [-0.15, -0.1) is 0 Å². The van der Waals surface area contributed by atoms with Gasteiger partial charge >= 0.3 is 0 Å². The Bertz CT molecular complexity index is 380. The fraction of sp³-hybridized carbons (Fsp3) is 0.615. The van der Waals surface area contributed by atoms with E-state index < -0.39 is 0 Å². The Morgan fingerprint density at radius 1 is 1.33 bits per heavy atom. The van der Waals surface area contributed by atoms with Crippen molar-refractivity contribution in [2.45, 2.75) is 25.8 Å². The quantitative estimate of drug-likeness (QED) is 0.889. The normalized spacial score (nSPS) is 16.8. The SMILES string of the molecule is NCc1cc(OCCN2CCCCC2)ncc1Cl. The van der Waals surface area contributed by atoms with Crippen LogP contribution in [0.3, 0.4) is 0 Å². The molecular weight excluding hydrogens is 250 g/mol. The number of nitrogens with zero attached hydrogens (tertiary/aromatic N) is 2. The van der Waals surface area contributed by atoms with Crippen LogP contribution in [0.4, 0.5) is 0 Å². The van der Waals surface area contributed by atoms with Crippen molar-refractivity contribution in [3.05, 3.63) is 22.8 Å². The van der Waals surface area contributed by atoms with E-state index in [1.807, 2.05) is 6.07 Å². The molecule has 2 rings (SSSR count). The second kappa shape index (κ2) is 6.92. The summed E-state index contributed by atoms with van der Waals surface area (Å²) in [7, 11) is 0. The van der Waals surface area contributed by atoms with Gasteiger partial charge in [0.05, 0.1) is 5.02 Å². The van der Waals surface area contributed by atoms with Crippen molar-refractivity contribution in [3.8, 4) is 5.88 Å². The van der Waals surface area contributed by atoms with Crippen LogP contribution in [0.25, 0.3) is 0 Å². The molecule has 0 radical (unpaired) electrons. The van der Waals surface area contributed by atoms with Gasteiger partial charge in [0.2, 0.25) is 5.88 Å². The van der Waals surface area contributed by atoms with E-state index in [9.17, 15) is 0 Å². The molecule has 5 heteroatoms. The summed E-state index contributed by atoms with van der Waals surface area (Å²) in [5, 5.41) is 0.598. The van der Waals surface area contributed by atoms with Crippen molar-refractivity contribution in [2.24, 2.45) is 5.73 Å². The zero-order valence-corrected chi connectivity index (χ0v) is 11.3. The van der Waals surface area contributed by atoms with Crippen LogP contribution < -0.4 is 10.5 Å². The number of nitrogens with two attached hydrogens (primary N) is 1. The molecule has 1 aromatic rings. The minimum Gasteiger partial charge on any atom is -0.476 e. The lowest BCUT2D eigenvalue weighted by Crippen LogP contribution is -2.33. The van der Waals surface area contributed by atoms with Gasteiger partial charge in [-0.3, -0.25) is 4.90 Å². The molecule has 0 amide bonds. The molecule has 1 aromatic heterocycles. The highest BCUT2D eigenvalue weighted by atomic mass is 35.5. The van der Waals surface area contributed by atoms with E-state index in [0.717, 1.165) is 12.1 Å². The second-order valence-electron chi connectivity index (χ2n) is 4.57. The molecule has 0 spiro atoms. The van der Waals surface area contributed by atoms with Crippen molar-refractivity contribution < 1.29 is 4.74 Å². The third kappa shape index (κ3) is 3.83. The van der Waals surface area contributed by atoms with Crippen LogP contribution in [-0.2, 0) is 6.54 Å². The molecule has 2 heterocycles. The van der Waals surface area contributed by atoms with Gasteiger partial charge < -0.3 is 10.5 Å². The summed E-state index contributed by atoms with van der Waals surface area (Å²) >= 11 is 5.95. The van der Waals surface area contributed by atoms with Crippen LogP contribution in [0.1, 0.15) is 24.8 Å². The Kier molecular flexibility index (Phi) is 5.23. The van der Waals surface area contributed by atoms with Crippen LogP contribution in [0, 0.1) is 0 Å². The molecule has 1 aliphatic heterocycles. The predicted molar refractivity (Wildman–Crippen MR) is 72.9 cm³/mol. The van der Waals surface area contributed by atoms with Gasteiger partial charge in [-0.05, 0) is 31.5 Å². The Morgan fingerprint density at radius 2 is 2.11 bits per heavy atom. The van der Waals surface area contributed by atoms with Gasteiger partial charge in [0.1, 0.15) is 6.61 Å². The summed E-state index contributed by atoms with van der Waals surface area (Å²) in [5.74, 6) is 0.608. The molecule has 0 aliphatic carbocycles. The summed E-state index contributed by atoms with van der Waals surface area (Å²) in [5.41, 5.74) is 6.46. The standard InChI is InChI=1S/C13H20ClN3O/c14-12-10-16-13(8-11(12)9-15)18-7-6-17-4-2-1-3-5-17/h8,10H,1-7,9,15H2. The molecule has 0 saturated carbocycles. The maximum atomic E-state index is 5.95. The predicted octanol–water partition coefficient (Wildman–Crippen LogP) is 2.06. The number of ether oxygens (including phenoxy) is 1. The minimum atomic E-state index is 0.407. The Morgan fingerprint density at radius 3 is 2.83 bits per heavy atom. The molecule has 0 aromatic carbocycles. The van der Waals surface area contributed by atoms with Crippen molar-refractivity contribution in [2.75, 3.05) is 26.2 Å². The number of rotatable bonds is 5. The number of likely N-dealkylation sites (tertiary alicyclic amines) is 1. The van der Waals surface area contributed by atoms with Crippen molar-refractivity contribution in [1.29, 1.82) is 0 Å². The first-order chi connectivity index (χ1) is 8.79. The van der Waals surface area contributed by atoms with Gasteiger partial charge in [-0.1, -0.05) is 18.0 Å². The minimum absolute atomic E-state index is 0.407. The fourth-order valence-electron chi connectivity index (χ4n) is 2.16. The number of halogens is 1. The van der Waals surface area contributed by atoms with E-state index in [1.54, 1.807) is 6.20 Å². The maximum absolute atomic E-state index is 5.95. The molecule has 0 unspecified atom stereocenters. The van der Waals surface area contributed by atoms with E-state index in [-0.39, 0.29) is 0 Å². The van der Waals surface area contributed by atoms with Crippen LogP contribution in [-0.4, -0.2) is 36.1 Å². The lowest BCUT2D eigenvalue weighted by molar-refractivity contribution is 0.180. The second-order valence-corrected chi connectivity index (χ2v) is 4.98. The first-order valence-corrected chi connectivity index (χ1v) is 6.87. The average molecular weight is 270 g/mol. The average Bonchev–Trinajstić information content (AvgIpc) is 2.42. The van der Waals surface area contributed by atoms with Crippen molar-refractivity contribution in [3.63, 3.8) is 0 Å². The molecular formula is C13H20ClN3O. The van der Waals surface area contributed by atoms with Gasteiger partial charge in [-0.25, -0.2) is 4.98 Å². The zero-order valence-electron chi connectivity index (χ0n) is 10.6. The van der Waals surface area contributed by atoms with Gasteiger partial charge in [0, 0.05) is 25.4 Å². The number of aromatic nitrogens is 1. The van der Waals surface area contributed by atoms with Gasteiger partial charge in [0.15, 0.2) is 0 Å². The molecule has 1 aliphatic rings. The lowest BCUT2D eigenvalue weighted by Gasteiger charge is -2.26. The van der Waals surface area contributed by atoms with Gasteiger partial charge in [-0.2, -0.15) is 0 Å². The number of piperidine rings is 1. The van der Waals surface area contributed by atoms with E-state index in [4.69, 9.17) is 22.1 Å². The summed E-state index contributed by atoms with van der Waals surface area (Å²) in [6.07, 6.45) is 5.56. The number of hydrogen-bond acceptors (Lipinski definition) is 4. The van der Waals surface area contributed by atoms with E-state index >= 15 is 0 Å². The maximum Gasteiger partial charge on any atom is 0.213 e. The highest BCUT2D eigenvalue weighted by molar-refractivity contribution is 6.31. The Balaban J connectivity index is 1.79. The number of pyridine rings is 1. The third-order valence-electron chi connectivity index (χ3n) is 3.24. The van der Waals surface area contributed by atoms with Crippen molar-refractivity contribution >= 4 is 11.6 Å². The third-order valence-corrected chi connectivity index (χ3v) is 3.58. The molecule has 0 bridgehead atoms. The van der Waals surface area contributed by atoms with Crippen molar-refractivity contribution in [1.82, 2.24) is 9.88 Å². The Labute approximate surface area is 113 Å². The topological polar surface area (TPSA) is 51.4 Å². The number of hydrogen-bond donors (Lipinski definition) is 1. The molecule has 18 heavy (non-hydrogen) atoms. The first-order valence-electron chi connectivity index (χ1n) is 6.49. The monoisotopic (exact) mass is 269 g/mol. The van der Waals surface area contributed by atoms with Gasteiger partial charge in [0.25, 0.3) is 0 Å². The summed E-state index contributed by atoms with van der Waals surface area (Å²) < 4.78 is 5.64. The molecule has 0 atom stereocenters. The molecule has 4 nitrogen and oxygen atoms in total. The van der Waals surface area contributed by atoms with Crippen LogP contribution in [0.2, 0.25) is 5.02 Å². The highest BCUT2D eigenvalue weighted by Crippen LogP contribution is 2.18. The highest BCUT2D eigenvalue weighted by Gasteiger charge is 2.10. The Hall–Kier alpha value is -0.840. The molecule has 100 valence electrons. The van der Waals surface area contributed by atoms with Crippen LogP contribution in [0.15, 0.2) is 12.3 Å². The fourth-order valence-corrected chi connectivity index (χ4v) is 2.34. The molecule has 1 fully saturated rings. The molecule has 2 N–H and O–H groups in total. The summed E-state index contributed by atoms with van der Waals surface area (Å²) in [4.78, 5) is 6.58. The van der Waals surface area contributed by atoms with Crippen LogP contribution in [0.5, 0.6) is 5.88 Å². The lowest BCUT2D eigenvalue weighted by atomic mass is 10.1. The van der Waals surface area contributed by atoms with E-state index in [2.05, 4.69) is 9.88 Å². The smallest absolute Gasteiger partial charge is 0.213 e. The zero-order chi connectivity index (χ0) is 12.8. The summed E-state index contributed by atoms with van der Waals surface area (Å²) in [6, 6.07) is 1.82. The first kappa shape index (κ1) is 13.6. The van der Waals surface area contributed by atoms with E-state index in [1.165, 1.54) is 32.4 Å². The largest absolute Gasteiger partial charge is 0.476 e. The molecule has 1 saturated heterocycles. The van der Waals surface area contributed by atoms with Crippen LogP contribution >= 0.6 is 11.6 Å². The summed E-state index contributed by atoms with van der Waals surface area (Å²) in [6.45, 7) is 4.40.